The highest BCUT2D eigenvalue weighted by Crippen LogP contribution is 2.15. The summed E-state index contributed by atoms with van der Waals surface area (Å²) < 4.78 is 39.6. The first-order valence-corrected chi connectivity index (χ1v) is 9.27. The van der Waals surface area contributed by atoms with Crippen LogP contribution in [0.5, 0.6) is 0 Å². The largest absolute Gasteiger partial charge is 0.478 e. The number of sulfonamides is 1. The number of carboxylic acid groups (broad SMARTS) is 1. The molecule has 0 fully saturated rings. The van der Waals surface area contributed by atoms with Crippen LogP contribution in [0.4, 0.5) is 4.39 Å². The molecule has 0 radical (unpaired) electrons. The zero-order valence-corrected chi connectivity index (χ0v) is 13.3. The molecular formula is C13H18FNO4S2. The van der Waals surface area contributed by atoms with Gasteiger partial charge in [-0.15, -0.1) is 0 Å². The van der Waals surface area contributed by atoms with Crippen molar-refractivity contribution in [2.75, 3.05) is 18.6 Å². The molecule has 0 heterocycles. The summed E-state index contributed by atoms with van der Waals surface area (Å²) in [7, 11) is -3.81. The number of hydrogen-bond acceptors (Lipinski definition) is 4. The molecule has 0 aliphatic heterocycles. The number of nitrogens with one attached hydrogen (secondary N) is 1. The molecule has 8 heteroatoms. The van der Waals surface area contributed by atoms with Crippen LogP contribution in [0.1, 0.15) is 29.6 Å². The minimum absolute atomic E-state index is 0.245. The van der Waals surface area contributed by atoms with Crippen LogP contribution in [0.2, 0.25) is 0 Å². The number of unbranched alkanes of at least 4 members (excludes halogenated alkanes) is 2. The van der Waals surface area contributed by atoms with Crippen LogP contribution in [0.3, 0.4) is 0 Å². The maximum atomic E-state index is 13.2. The van der Waals surface area contributed by atoms with E-state index in [4.69, 9.17) is 5.11 Å². The highest BCUT2D eigenvalue weighted by Gasteiger charge is 2.18. The van der Waals surface area contributed by atoms with E-state index < -0.39 is 27.4 Å². The number of benzene rings is 1. The summed E-state index contributed by atoms with van der Waals surface area (Å²) in [6, 6.07) is 2.72. The van der Waals surface area contributed by atoms with Crippen LogP contribution in [-0.2, 0) is 10.0 Å². The van der Waals surface area contributed by atoms with E-state index in [0.29, 0.717) is 6.42 Å². The van der Waals surface area contributed by atoms with E-state index in [9.17, 15) is 17.6 Å². The maximum Gasteiger partial charge on any atom is 0.338 e. The average Bonchev–Trinajstić information content (AvgIpc) is 2.42. The Morgan fingerprint density at radius 1 is 1.33 bits per heavy atom. The molecule has 0 saturated carbocycles. The molecule has 0 aliphatic carbocycles. The second kappa shape index (κ2) is 8.35. The van der Waals surface area contributed by atoms with Crippen molar-refractivity contribution in [2.24, 2.45) is 0 Å². The summed E-state index contributed by atoms with van der Waals surface area (Å²) in [5, 5.41) is 8.80. The number of rotatable bonds is 9. The maximum absolute atomic E-state index is 13.2. The zero-order chi connectivity index (χ0) is 15.9. The van der Waals surface area contributed by atoms with Crippen molar-refractivity contribution in [1.29, 1.82) is 0 Å². The summed E-state index contributed by atoms with van der Waals surface area (Å²) in [4.78, 5) is 10.6. The van der Waals surface area contributed by atoms with Gasteiger partial charge in [-0.05, 0) is 43.0 Å². The Labute approximate surface area is 128 Å². The quantitative estimate of drug-likeness (QED) is 0.677. The molecule has 1 rings (SSSR count). The third-order valence-corrected chi connectivity index (χ3v) is 4.95. The number of carboxylic acids is 1. The molecule has 0 atom stereocenters. The predicted octanol–water partition coefficient (Wildman–Crippen LogP) is 2.34. The highest BCUT2D eigenvalue weighted by molar-refractivity contribution is 7.98. The molecule has 0 unspecified atom stereocenters. The van der Waals surface area contributed by atoms with Crippen molar-refractivity contribution >= 4 is 27.8 Å². The van der Waals surface area contributed by atoms with Gasteiger partial charge < -0.3 is 5.11 Å². The van der Waals surface area contributed by atoms with Gasteiger partial charge in [-0.1, -0.05) is 6.42 Å². The van der Waals surface area contributed by atoms with E-state index in [2.05, 4.69) is 4.72 Å². The lowest BCUT2D eigenvalue weighted by Crippen LogP contribution is -2.25. The van der Waals surface area contributed by atoms with Gasteiger partial charge in [0.15, 0.2) is 0 Å². The van der Waals surface area contributed by atoms with Gasteiger partial charge >= 0.3 is 5.97 Å². The van der Waals surface area contributed by atoms with E-state index in [-0.39, 0.29) is 11.4 Å². The van der Waals surface area contributed by atoms with Gasteiger partial charge in [0.25, 0.3) is 0 Å². The third kappa shape index (κ3) is 5.64. The van der Waals surface area contributed by atoms with Crippen molar-refractivity contribution in [2.45, 2.75) is 24.2 Å². The number of thioether (sulfide) groups is 1. The normalized spacial score (nSPS) is 11.5. The Bertz CT molecular complexity index is 590. The van der Waals surface area contributed by atoms with Crippen LogP contribution in [-0.4, -0.2) is 38.0 Å². The Morgan fingerprint density at radius 3 is 2.67 bits per heavy atom. The first-order valence-electron chi connectivity index (χ1n) is 6.40. The Hall–Kier alpha value is -1.12. The molecule has 1 aromatic rings. The van der Waals surface area contributed by atoms with Crippen LogP contribution in [0.15, 0.2) is 23.1 Å². The lowest BCUT2D eigenvalue weighted by Gasteiger charge is -2.08. The second-order valence-electron chi connectivity index (χ2n) is 4.40. The van der Waals surface area contributed by atoms with Crippen LogP contribution in [0.25, 0.3) is 0 Å². The van der Waals surface area contributed by atoms with E-state index in [0.717, 1.165) is 36.8 Å². The van der Waals surface area contributed by atoms with Crippen LogP contribution in [0, 0.1) is 5.82 Å². The Morgan fingerprint density at radius 2 is 2.05 bits per heavy atom. The van der Waals surface area contributed by atoms with E-state index in [1.165, 1.54) is 0 Å². The van der Waals surface area contributed by atoms with Gasteiger partial charge in [0.05, 0.1) is 10.5 Å². The summed E-state index contributed by atoms with van der Waals surface area (Å²) >= 11 is 1.74. The minimum atomic E-state index is -3.81. The second-order valence-corrected chi connectivity index (χ2v) is 7.15. The number of carbonyl (C=O) groups is 1. The topological polar surface area (TPSA) is 83.5 Å². The van der Waals surface area contributed by atoms with E-state index in [1.807, 2.05) is 6.26 Å². The van der Waals surface area contributed by atoms with Crippen molar-refractivity contribution in [3.8, 4) is 0 Å². The first kappa shape index (κ1) is 17.9. The highest BCUT2D eigenvalue weighted by atomic mass is 32.2. The van der Waals surface area contributed by atoms with Gasteiger partial charge in [0.1, 0.15) is 5.82 Å². The first-order chi connectivity index (χ1) is 9.88. The molecule has 2 N–H and O–H groups in total. The van der Waals surface area contributed by atoms with Gasteiger partial charge in [-0.3, -0.25) is 0 Å². The van der Waals surface area contributed by atoms with Gasteiger partial charge in [0, 0.05) is 6.54 Å². The summed E-state index contributed by atoms with van der Waals surface area (Å²) in [5.74, 6) is -1.42. The smallest absolute Gasteiger partial charge is 0.338 e. The van der Waals surface area contributed by atoms with Crippen molar-refractivity contribution in [3.05, 3.63) is 29.6 Å². The van der Waals surface area contributed by atoms with Gasteiger partial charge in [-0.25, -0.2) is 22.3 Å². The van der Waals surface area contributed by atoms with E-state index >= 15 is 0 Å². The molecule has 0 spiro atoms. The van der Waals surface area contributed by atoms with E-state index in [1.54, 1.807) is 11.8 Å². The summed E-state index contributed by atoms with van der Waals surface area (Å²) in [5.41, 5.74) is -0.655. The Balaban J connectivity index is 2.66. The molecule has 0 aromatic heterocycles. The number of hydrogen-bond donors (Lipinski definition) is 2. The van der Waals surface area contributed by atoms with Crippen molar-refractivity contribution in [3.63, 3.8) is 0 Å². The minimum Gasteiger partial charge on any atom is -0.478 e. The zero-order valence-electron chi connectivity index (χ0n) is 11.6. The number of halogens is 1. The predicted molar refractivity (Wildman–Crippen MR) is 80.8 cm³/mol. The van der Waals surface area contributed by atoms with Crippen LogP contribution >= 0.6 is 11.8 Å². The average molecular weight is 335 g/mol. The molecule has 0 amide bonds. The molecule has 0 aliphatic rings. The van der Waals surface area contributed by atoms with Crippen LogP contribution < -0.4 is 4.72 Å². The SMILES string of the molecule is CSCCCCCNS(=O)(=O)c1ccc(F)c(C(=O)O)c1. The summed E-state index contributed by atoms with van der Waals surface area (Å²) in [6.07, 6.45) is 4.64. The molecule has 0 bridgehead atoms. The van der Waals surface area contributed by atoms with Crippen molar-refractivity contribution < 1.29 is 22.7 Å². The molecule has 1 aromatic carbocycles. The number of aromatic carboxylic acids is 1. The molecule has 5 nitrogen and oxygen atoms in total. The lowest BCUT2D eigenvalue weighted by atomic mass is 10.2. The fourth-order valence-electron chi connectivity index (χ4n) is 1.67. The standard InChI is InChI=1S/C13H18FNO4S2/c1-20-8-4-2-3-7-15-21(18,19)10-5-6-12(14)11(9-10)13(16)17/h5-6,9,15H,2-4,7-8H2,1H3,(H,16,17). The lowest BCUT2D eigenvalue weighted by molar-refractivity contribution is 0.0691. The van der Waals surface area contributed by atoms with Gasteiger partial charge in [0.2, 0.25) is 10.0 Å². The third-order valence-electron chi connectivity index (χ3n) is 2.80. The molecule has 118 valence electrons. The molecule has 21 heavy (non-hydrogen) atoms. The monoisotopic (exact) mass is 335 g/mol. The van der Waals surface area contributed by atoms with Crippen molar-refractivity contribution in [1.82, 2.24) is 4.72 Å². The fourth-order valence-corrected chi connectivity index (χ4v) is 3.27. The molecule has 0 saturated heterocycles. The molecular weight excluding hydrogens is 317 g/mol. The van der Waals surface area contributed by atoms with Gasteiger partial charge in [-0.2, -0.15) is 11.8 Å². The summed E-state index contributed by atoms with van der Waals surface area (Å²) in [6.45, 7) is 0.274. The Kier molecular flexibility index (Phi) is 7.13. The fraction of sp³-hybridized carbons (Fsp3) is 0.462.